The second-order valence-electron chi connectivity index (χ2n) is 4.46. The third-order valence-corrected chi connectivity index (χ3v) is 3.43. The van der Waals surface area contributed by atoms with Crippen molar-refractivity contribution in [3.05, 3.63) is 59.4 Å². The zero-order chi connectivity index (χ0) is 13.8. The number of nitrogens with zero attached hydrogens (tertiary/aromatic N) is 1. The van der Waals surface area contributed by atoms with E-state index in [2.05, 4.69) is 0 Å². The van der Waals surface area contributed by atoms with Gasteiger partial charge in [0, 0.05) is 18.1 Å². The van der Waals surface area contributed by atoms with Crippen molar-refractivity contribution in [1.29, 1.82) is 0 Å². The zero-order valence-electron chi connectivity index (χ0n) is 11.2. The monoisotopic (exact) mass is 277 g/mol. The molecule has 0 bridgehead atoms. The smallest absolute Gasteiger partial charge is 0.147 e. The van der Waals surface area contributed by atoms with Gasteiger partial charge in [-0.1, -0.05) is 29.8 Å². The van der Waals surface area contributed by atoms with Gasteiger partial charge in [-0.3, -0.25) is 0 Å². The lowest BCUT2D eigenvalue weighted by Crippen LogP contribution is -2.19. The van der Waals surface area contributed by atoms with E-state index in [1.807, 2.05) is 49.1 Å². The summed E-state index contributed by atoms with van der Waals surface area (Å²) in [4.78, 5) is 1.95. The van der Waals surface area contributed by atoms with Gasteiger partial charge in [-0.15, -0.1) is 11.6 Å². The van der Waals surface area contributed by atoms with Gasteiger partial charge in [0.1, 0.15) is 5.82 Å². The first-order chi connectivity index (χ1) is 9.17. The number of hydrogen-bond acceptors (Lipinski definition) is 1. The Bertz CT molecular complexity index is 551. The van der Waals surface area contributed by atoms with Crippen molar-refractivity contribution >= 4 is 23.0 Å². The molecular formula is C16H17ClFN. The second kappa shape index (κ2) is 6.07. The van der Waals surface area contributed by atoms with Crippen molar-refractivity contribution in [1.82, 2.24) is 0 Å². The molecule has 0 radical (unpaired) electrons. The van der Waals surface area contributed by atoms with Gasteiger partial charge in [-0.2, -0.15) is 0 Å². The molecule has 0 saturated heterocycles. The molecule has 0 saturated carbocycles. The lowest BCUT2D eigenvalue weighted by Gasteiger charge is -2.26. The molecule has 0 amide bonds. The summed E-state index contributed by atoms with van der Waals surface area (Å²) in [5.74, 6) is 0.0655. The summed E-state index contributed by atoms with van der Waals surface area (Å²) in [6.45, 7) is 4.73. The lowest BCUT2D eigenvalue weighted by atomic mass is 10.1. The van der Waals surface area contributed by atoms with Crippen LogP contribution in [0.5, 0.6) is 0 Å². The van der Waals surface area contributed by atoms with Crippen molar-refractivity contribution in [2.24, 2.45) is 0 Å². The van der Waals surface area contributed by atoms with E-state index in [0.717, 1.165) is 11.3 Å². The van der Waals surface area contributed by atoms with E-state index in [-0.39, 0.29) is 5.82 Å². The number of aryl methyl sites for hydroxylation is 1. The summed E-state index contributed by atoms with van der Waals surface area (Å²) < 4.78 is 14.1. The van der Waals surface area contributed by atoms with Crippen LogP contribution in [0.1, 0.15) is 18.1 Å². The third kappa shape index (κ3) is 2.90. The molecule has 1 nitrogen and oxygen atoms in total. The van der Waals surface area contributed by atoms with Gasteiger partial charge >= 0.3 is 0 Å². The zero-order valence-corrected chi connectivity index (χ0v) is 11.9. The number of rotatable bonds is 4. The Morgan fingerprint density at radius 2 is 1.79 bits per heavy atom. The Hall–Kier alpha value is -1.54. The largest absolute Gasteiger partial charge is 0.339 e. The predicted molar refractivity (Wildman–Crippen MR) is 79.8 cm³/mol. The molecule has 0 atom stereocenters. The standard InChI is InChI=1S/C16H17ClFN/c1-3-19(14-9-7-12(2)8-10-14)16-13(11-17)5-4-6-15(16)18/h4-10H,3,11H2,1-2H3. The summed E-state index contributed by atoms with van der Waals surface area (Å²) >= 11 is 5.92. The number of halogens is 2. The van der Waals surface area contributed by atoms with Crippen molar-refractivity contribution in [3.63, 3.8) is 0 Å². The molecule has 0 N–H and O–H groups in total. The fourth-order valence-corrected chi connectivity index (χ4v) is 2.38. The van der Waals surface area contributed by atoms with Gasteiger partial charge in [0.15, 0.2) is 0 Å². The predicted octanol–water partition coefficient (Wildman–Crippen LogP) is 5.03. The number of benzene rings is 2. The number of anilines is 2. The topological polar surface area (TPSA) is 3.24 Å². The van der Waals surface area contributed by atoms with Gasteiger partial charge in [-0.05, 0) is 37.6 Å². The first-order valence-corrected chi connectivity index (χ1v) is 6.88. The minimum absolute atomic E-state index is 0.236. The number of para-hydroxylation sites is 1. The highest BCUT2D eigenvalue weighted by Crippen LogP contribution is 2.32. The third-order valence-electron chi connectivity index (χ3n) is 3.15. The van der Waals surface area contributed by atoms with Crippen LogP contribution < -0.4 is 4.90 Å². The van der Waals surface area contributed by atoms with E-state index >= 15 is 0 Å². The molecule has 0 aliphatic rings. The van der Waals surface area contributed by atoms with E-state index in [1.165, 1.54) is 11.6 Å². The molecule has 2 aromatic rings. The summed E-state index contributed by atoms with van der Waals surface area (Å²) in [7, 11) is 0. The average Bonchev–Trinajstić information content (AvgIpc) is 2.43. The molecule has 0 aliphatic carbocycles. The highest BCUT2D eigenvalue weighted by Gasteiger charge is 2.15. The fraction of sp³-hybridized carbons (Fsp3) is 0.250. The molecular weight excluding hydrogens is 261 g/mol. The summed E-state index contributed by atoms with van der Waals surface area (Å²) in [5.41, 5.74) is 3.54. The maximum Gasteiger partial charge on any atom is 0.147 e. The summed E-state index contributed by atoms with van der Waals surface area (Å²) in [6, 6.07) is 13.1. The van der Waals surface area contributed by atoms with E-state index < -0.39 is 0 Å². The number of alkyl halides is 1. The van der Waals surface area contributed by atoms with Crippen LogP contribution in [0.2, 0.25) is 0 Å². The van der Waals surface area contributed by atoms with Gasteiger partial charge in [0.05, 0.1) is 5.69 Å². The quantitative estimate of drug-likeness (QED) is 0.709. The molecule has 2 aromatic carbocycles. The lowest BCUT2D eigenvalue weighted by molar-refractivity contribution is 0.624. The van der Waals surface area contributed by atoms with Crippen molar-refractivity contribution < 1.29 is 4.39 Å². The van der Waals surface area contributed by atoms with Gasteiger partial charge in [0.2, 0.25) is 0 Å². The maximum atomic E-state index is 14.1. The van der Waals surface area contributed by atoms with Crippen LogP contribution >= 0.6 is 11.6 Å². The van der Waals surface area contributed by atoms with Crippen LogP contribution in [0.4, 0.5) is 15.8 Å². The van der Waals surface area contributed by atoms with Crippen molar-refractivity contribution in [2.75, 3.05) is 11.4 Å². The van der Waals surface area contributed by atoms with E-state index in [9.17, 15) is 4.39 Å². The molecule has 0 spiro atoms. The minimum Gasteiger partial charge on any atom is -0.339 e. The Labute approximate surface area is 118 Å². The van der Waals surface area contributed by atoms with E-state index in [4.69, 9.17) is 11.6 Å². The molecule has 2 rings (SSSR count). The van der Waals surface area contributed by atoms with Crippen LogP contribution in [0.3, 0.4) is 0 Å². The first-order valence-electron chi connectivity index (χ1n) is 6.35. The summed E-state index contributed by atoms with van der Waals surface area (Å²) in [6.07, 6.45) is 0. The van der Waals surface area contributed by atoms with Crippen LogP contribution in [-0.4, -0.2) is 6.54 Å². The van der Waals surface area contributed by atoms with Crippen LogP contribution in [-0.2, 0) is 5.88 Å². The Balaban J connectivity index is 2.50. The Morgan fingerprint density at radius 1 is 1.11 bits per heavy atom. The molecule has 0 aromatic heterocycles. The van der Waals surface area contributed by atoms with E-state index in [1.54, 1.807) is 6.07 Å². The first kappa shape index (κ1) is 13.9. The highest BCUT2D eigenvalue weighted by atomic mass is 35.5. The Kier molecular flexibility index (Phi) is 4.43. The van der Waals surface area contributed by atoms with Gasteiger partial charge < -0.3 is 4.90 Å². The highest BCUT2D eigenvalue weighted by molar-refractivity contribution is 6.17. The normalized spacial score (nSPS) is 10.5. The summed E-state index contributed by atoms with van der Waals surface area (Å²) in [5, 5.41) is 0. The number of hydrogen-bond donors (Lipinski definition) is 0. The molecule has 0 aliphatic heterocycles. The average molecular weight is 278 g/mol. The molecule has 3 heteroatoms. The minimum atomic E-state index is -0.236. The molecule has 0 heterocycles. The van der Waals surface area contributed by atoms with Gasteiger partial charge in [-0.25, -0.2) is 4.39 Å². The van der Waals surface area contributed by atoms with Crippen LogP contribution in [0, 0.1) is 12.7 Å². The molecule has 100 valence electrons. The van der Waals surface area contributed by atoms with E-state index in [0.29, 0.717) is 18.1 Å². The molecule has 0 fully saturated rings. The van der Waals surface area contributed by atoms with Crippen LogP contribution in [0.25, 0.3) is 0 Å². The van der Waals surface area contributed by atoms with Crippen LogP contribution in [0.15, 0.2) is 42.5 Å². The van der Waals surface area contributed by atoms with Crippen molar-refractivity contribution in [2.45, 2.75) is 19.7 Å². The Morgan fingerprint density at radius 3 is 2.37 bits per heavy atom. The maximum absolute atomic E-state index is 14.1. The van der Waals surface area contributed by atoms with Gasteiger partial charge in [0.25, 0.3) is 0 Å². The molecule has 19 heavy (non-hydrogen) atoms. The van der Waals surface area contributed by atoms with Crippen molar-refractivity contribution in [3.8, 4) is 0 Å². The SMILES string of the molecule is CCN(c1ccc(C)cc1)c1c(F)cccc1CCl. The molecule has 0 unspecified atom stereocenters. The fourth-order valence-electron chi connectivity index (χ4n) is 2.16. The second-order valence-corrected chi connectivity index (χ2v) is 4.73.